The van der Waals surface area contributed by atoms with Crippen molar-refractivity contribution in [1.29, 1.82) is 0 Å². The molecule has 0 amide bonds. The Balaban J connectivity index is 3.01. The molecule has 1 aromatic rings. The molecule has 2 N–H and O–H groups in total. The summed E-state index contributed by atoms with van der Waals surface area (Å²) in [6.07, 6.45) is -1.11. The molecule has 1 aromatic carbocycles. The molecule has 3 unspecified atom stereocenters. The van der Waals surface area contributed by atoms with Crippen LogP contribution in [-0.2, 0) is 0 Å². The van der Waals surface area contributed by atoms with Gasteiger partial charge in [-0.1, -0.05) is 18.5 Å². The Kier molecular flexibility index (Phi) is 5.91. The second kappa shape index (κ2) is 6.98. The first kappa shape index (κ1) is 16.1. The standard InChI is InChI=1S/C14H21ClO4/c1-8(5-12(17)9(2)16)10-6-11(15)14(19-4)7-13(10)18-3/h6-9,12,16-17H,5H2,1-4H3. The third-order valence-electron chi connectivity index (χ3n) is 3.19. The van der Waals surface area contributed by atoms with Crippen LogP contribution in [0.25, 0.3) is 0 Å². The van der Waals surface area contributed by atoms with Gasteiger partial charge in [-0.25, -0.2) is 0 Å². The van der Waals surface area contributed by atoms with Gasteiger partial charge >= 0.3 is 0 Å². The summed E-state index contributed by atoms with van der Waals surface area (Å²) in [4.78, 5) is 0. The van der Waals surface area contributed by atoms with Crippen LogP contribution in [0, 0.1) is 0 Å². The van der Waals surface area contributed by atoms with E-state index >= 15 is 0 Å². The maximum Gasteiger partial charge on any atom is 0.141 e. The third-order valence-corrected chi connectivity index (χ3v) is 3.48. The predicted octanol–water partition coefficient (Wildman–Crippen LogP) is 2.59. The highest BCUT2D eigenvalue weighted by Gasteiger charge is 2.20. The zero-order chi connectivity index (χ0) is 14.6. The minimum atomic E-state index is -0.777. The minimum Gasteiger partial charge on any atom is -0.496 e. The molecule has 0 fully saturated rings. The molecule has 0 radical (unpaired) electrons. The Labute approximate surface area is 118 Å². The third kappa shape index (κ3) is 4.00. The molecule has 0 aliphatic carbocycles. The summed E-state index contributed by atoms with van der Waals surface area (Å²) < 4.78 is 10.5. The smallest absolute Gasteiger partial charge is 0.141 e. The molecule has 19 heavy (non-hydrogen) atoms. The lowest BCUT2D eigenvalue weighted by molar-refractivity contribution is 0.0226. The number of aliphatic hydroxyl groups is 2. The second-order valence-electron chi connectivity index (χ2n) is 4.67. The van der Waals surface area contributed by atoms with Crippen molar-refractivity contribution in [3.05, 3.63) is 22.7 Å². The molecule has 0 saturated heterocycles. The monoisotopic (exact) mass is 288 g/mol. The summed E-state index contributed by atoms with van der Waals surface area (Å²) in [5.41, 5.74) is 0.882. The van der Waals surface area contributed by atoms with Crippen LogP contribution >= 0.6 is 11.6 Å². The van der Waals surface area contributed by atoms with Crippen LogP contribution in [-0.4, -0.2) is 36.6 Å². The van der Waals surface area contributed by atoms with E-state index in [1.165, 1.54) is 0 Å². The first-order valence-corrected chi connectivity index (χ1v) is 6.56. The van der Waals surface area contributed by atoms with E-state index in [2.05, 4.69) is 0 Å². The lowest BCUT2D eigenvalue weighted by Gasteiger charge is -2.21. The molecule has 0 aliphatic heterocycles. The first-order valence-electron chi connectivity index (χ1n) is 6.18. The number of rotatable bonds is 6. The zero-order valence-corrected chi connectivity index (χ0v) is 12.4. The van der Waals surface area contributed by atoms with Crippen LogP contribution in [0.5, 0.6) is 11.5 Å². The van der Waals surface area contributed by atoms with Crippen LogP contribution in [0.2, 0.25) is 5.02 Å². The van der Waals surface area contributed by atoms with E-state index in [1.54, 1.807) is 33.3 Å². The maximum absolute atomic E-state index is 9.74. The van der Waals surface area contributed by atoms with Gasteiger partial charge < -0.3 is 19.7 Å². The van der Waals surface area contributed by atoms with Crippen molar-refractivity contribution >= 4 is 11.6 Å². The van der Waals surface area contributed by atoms with Gasteiger partial charge in [-0.2, -0.15) is 0 Å². The Morgan fingerprint density at radius 1 is 1.11 bits per heavy atom. The molecule has 1 rings (SSSR count). The van der Waals surface area contributed by atoms with Crippen molar-refractivity contribution in [2.45, 2.75) is 38.4 Å². The largest absolute Gasteiger partial charge is 0.496 e. The number of methoxy groups -OCH3 is 2. The van der Waals surface area contributed by atoms with Crippen LogP contribution in [0.15, 0.2) is 12.1 Å². The lowest BCUT2D eigenvalue weighted by Crippen LogP contribution is -2.24. The van der Waals surface area contributed by atoms with Crippen molar-refractivity contribution in [1.82, 2.24) is 0 Å². The molecular weight excluding hydrogens is 268 g/mol. The molecule has 5 heteroatoms. The highest BCUT2D eigenvalue weighted by Crippen LogP contribution is 2.37. The van der Waals surface area contributed by atoms with Gasteiger partial charge in [-0.3, -0.25) is 0 Å². The molecule has 0 heterocycles. The summed E-state index contributed by atoms with van der Waals surface area (Å²) in [6, 6.07) is 3.50. The van der Waals surface area contributed by atoms with E-state index in [9.17, 15) is 10.2 Å². The van der Waals surface area contributed by atoms with Gasteiger partial charge in [0, 0.05) is 6.07 Å². The summed E-state index contributed by atoms with van der Waals surface area (Å²) in [7, 11) is 3.12. The Hall–Kier alpha value is -0.970. The average Bonchev–Trinajstić information content (AvgIpc) is 2.38. The topological polar surface area (TPSA) is 58.9 Å². The van der Waals surface area contributed by atoms with Crippen LogP contribution in [0.3, 0.4) is 0 Å². The number of hydrogen-bond acceptors (Lipinski definition) is 4. The van der Waals surface area contributed by atoms with Gasteiger partial charge in [0.1, 0.15) is 11.5 Å². The van der Waals surface area contributed by atoms with Gasteiger partial charge in [-0.15, -0.1) is 0 Å². The van der Waals surface area contributed by atoms with Crippen molar-refractivity contribution in [2.75, 3.05) is 14.2 Å². The average molecular weight is 289 g/mol. The lowest BCUT2D eigenvalue weighted by atomic mass is 9.92. The van der Waals surface area contributed by atoms with Crippen molar-refractivity contribution in [2.24, 2.45) is 0 Å². The van der Waals surface area contributed by atoms with E-state index in [-0.39, 0.29) is 5.92 Å². The molecule has 0 saturated carbocycles. The molecule has 0 bridgehead atoms. The molecule has 4 nitrogen and oxygen atoms in total. The SMILES string of the molecule is COc1cc(OC)c(C(C)CC(O)C(C)O)cc1Cl. The molecule has 108 valence electrons. The van der Waals surface area contributed by atoms with Gasteiger partial charge in [0.15, 0.2) is 0 Å². The number of aliphatic hydroxyl groups excluding tert-OH is 2. The maximum atomic E-state index is 9.74. The minimum absolute atomic E-state index is 0.00274. The predicted molar refractivity (Wildman–Crippen MR) is 75.3 cm³/mol. The summed E-state index contributed by atoms with van der Waals surface area (Å²) in [6.45, 7) is 3.52. The van der Waals surface area contributed by atoms with E-state index in [0.29, 0.717) is 22.9 Å². The fraction of sp³-hybridized carbons (Fsp3) is 0.571. The highest BCUT2D eigenvalue weighted by molar-refractivity contribution is 6.32. The summed E-state index contributed by atoms with van der Waals surface area (Å²) >= 11 is 6.11. The van der Waals surface area contributed by atoms with E-state index in [4.69, 9.17) is 21.1 Å². The molecule has 0 aliphatic rings. The Morgan fingerprint density at radius 3 is 2.16 bits per heavy atom. The molecular formula is C14H21ClO4. The van der Waals surface area contributed by atoms with Crippen LogP contribution in [0.4, 0.5) is 0 Å². The van der Waals surface area contributed by atoms with Crippen LogP contribution < -0.4 is 9.47 Å². The Bertz CT molecular complexity index is 420. The normalized spacial score (nSPS) is 15.7. The van der Waals surface area contributed by atoms with Gasteiger partial charge in [-0.05, 0) is 30.9 Å². The summed E-state index contributed by atoms with van der Waals surface area (Å²) in [5, 5.41) is 19.6. The van der Waals surface area contributed by atoms with Crippen molar-refractivity contribution < 1.29 is 19.7 Å². The number of benzene rings is 1. The number of hydrogen-bond donors (Lipinski definition) is 2. The quantitative estimate of drug-likeness (QED) is 0.845. The highest BCUT2D eigenvalue weighted by atomic mass is 35.5. The number of ether oxygens (including phenoxy) is 2. The number of halogens is 1. The van der Waals surface area contributed by atoms with Gasteiger partial charge in [0.05, 0.1) is 31.5 Å². The molecule has 0 aromatic heterocycles. The molecule has 0 spiro atoms. The molecule has 3 atom stereocenters. The van der Waals surface area contributed by atoms with Crippen molar-refractivity contribution in [3.8, 4) is 11.5 Å². The summed E-state index contributed by atoms with van der Waals surface area (Å²) in [5.74, 6) is 1.21. The first-order chi connectivity index (χ1) is 8.90. The van der Waals surface area contributed by atoms with E-state index in [1.807, 2.05) is 6.92 Å². The van der Waals surface area contributed by atoms with Gasteiger partial charge in [0.2, 0.25) is 0 Å². The van der Waals surface area contributed by atoms with Gasteiger partial charge in [0.25, 0.3) is 0 Å². The zero-order valence-electron chi connectivity index (χ0n) is 11.7. The van der Waals surface area contributed by atoms with Crippen LogP contribution in [0.1, 0.15) is 31.7 Å². The fourth-order valence-electron chi connectivity index (χ4n) is 1.95. The Morgan fingerprint density at radius 2 is 1.68 bits per heavy atom. The second-order valence-corrected chi connectivity index (χ2v) is 5.08. The van der Waals surface area contributed by atoms with E-state index in [0.717, 1.165) is 5.56 Å². The fourth-order valence-corrected chi connectivity index (χ4v) is 2.20. The van der Waals surface area contributed by atoms with E-state index < -0.39 is 12.2 Å². The van der Waals surface area contributed by atoms with Crippen molar-refractivity contribution in [3.63, 3.8) is 0 Å².